The van der Waals surface area contributed by atoms with Gasteiger partial charge in [-0.1, -0.05) is 240 Å². The molecule has 0 aromatic heterocycles. The molecule has 150 heavy (non-hydrogen) atoms. The maximum atomic E-state index is 14.1. The SMILES string of the molecule is CCCCCCNC(=O)CCN(CCNC(=O)CCN(CCNC(=O)CCN(CCNC(=O)OCc1ccccc1)CCC(=O)NCCN(CCC(=O)NCCN(CCC(=O)NCCCCCC)CCC(=O)NCCCCCC)CCC(=O)NCCN(CCC(=O)NCCCCCC)CCC(=O)NCCCCCC)CCC(=O)NCCN(CCC(=O)NCCCCCC)CCC(=O)NCCCCCC)CCC(=O)NCCCCCC. The molecule has 0 aliphatic heterocycles. The number of carbonyl (C=O) groups excluding carboxylic acids is 15. The summed E-state index contributed by atoms with van der Waals surface area (Å²) < 4.78 is 5.52. The van der Waals surface area contributed by atoms with Gasteiger partial charge in [-0.05, 0) is 56.9 Å². The van der Waals surface area contributed by atoms with Crippen LogP contribution in [0.25, 0.3) is 0 Å². The smallest absolute Gasteiger partial charge is 0.407 e. The fourth-order valence-electron chi connectivity index (χ4n) is 16.7. The predicted octanol–water partition coefficient (Wildman–Crippen LogP) is 9.76. The Kier molecular flexibility index (Phi) is 92.9. The molecule has 0 saturated heterocycles. The Bertz CT molecular complexity index is 3170. The average molecular weight is 2120 g/mol. The third kappa shape index (κ3) is 89.3. The van der Waals surface area contributed by atoms with Crippen LogP contribution in [-0.4, -0.2) is 359 Å². The van der Waals surface area contributed by atoms with E-state index >= 15 is 0 Å². The molecule has 15 N–H and O–H groups in total. The van der Waals surface area contributed by atoms with Crippen molar-refractivity contribution >= 4 is 88.8 Å². The lowest BCUT2D eigenvalue weighted by Crippen LogP contribution is -2.42. The summed E-state index contributed by atoms with van der Waals surface area (Å²) in [6.07, 6.45) is 34.2. The van der Waals surface area contributed by atoms with Gasteiger partial charge in [0.05, 0.1) is 0 Å². The van der Waals surface area contributed by atoms with Crippen molar-refractivity contribution in [2.24, 2.45) is 0 Å². The van der Waals surface area contributed by atoms with E-state index in [-0.39, 0.29) is 284 Å². The molecule has 0 saturated carbocycles. The highest BCUT2D eigenvalue weighted by atomic mass is 16.5. The molecular weight excluding hydrogens is 1910 g/mol. The molecule has 1 aromatic rings. The normalized spacial score (nSPS) is 11.3. The number of nitrogens with one attached hydrogen (secondary N) is 15. The van der Waals surface area contributed by atoms with Gasteiger partial charge in [0.25, 0.3) is 0 Å². The maximum absolute atomic E-state index is 14.1. The van der Waals surface area contributed by atoms with Gasteiger partial charge >= 0.3 is 6.09 Å². The Morgan fingerprint density at radius 2 is 0.300 bits per heavy atom. The van der Waals surface area contributed by atoms with Crippen molar-refractivity contribution in [2.45, 2.75) is 357 Å². The second kappa shape index (κ2) is 100. The lowest BCUT2D eigenvalue weighted by Gasteiger charge is -2.25. The molecule has 0 spiro atoms. The molecule has 0 bridgehead atoms. The van der Waals surface area contributed by atoms with Gasteiger partial charge in [-0.25, -0.2) is 4.79 Å². The van der Waals surface area contributed by atoms with Crippen LogP contribution in [0.1, 0.15) is 356 Å². The zero-order valence-electron chi connectivity index (χ0n) is 94.7. The quantitative estimate of drug-likeness (QED) is 0.0270. The number of rotatable bonds is 105. The molecule has 0 aliphatic carbocycles. The number of hydrogen-bond donors (Lipinski definition) is 15. The van der Waals surface area contributed by atoms with Gasteiger partial charge in [0.15, 0.2) is 0 Å². The van der Waals surface area contributed by atoms with Crippen molar-refractivity contribution in [1.29, 1.82) is 0 Å². The van der Waals surface area contributed by atoms with Gasteiger partial charge in [-0.2, -0.15) is 0 Å². The van der Waals surface area contributed by atoms with Gasteiger partial charge in [0.2, 0.25) is 82.7 Å². The van der Waals surface area contributed by atoms with Crippen LogP contribution in [-0.2, 0) is 78.5 Å². The van der Waals surface area contributed by atoms with Gasteiger partial charge in [0.1, 0.15) is 6.61 Å². The van der Waals surface area contributed by atoms with E-state index in [1.54, 1.807) is 0 Å². The van der Waals surface area contributed by atoms with Crippen LogP contribution in [0.2, 0.25) is 0 Å². The van der Waals surface area contributed by atoms with E-state index < -0.39 is 6.09 Å². The second-order valence-electron chi connectivity index (χ2n) is 39.8. The average Bonchev–Trinajstić information content (AvgIpc) is 0.912. The molecule has 38 nitrogen and oxygen atoms in total. The number of hydrogen-bond acceptors (Lipinski definition) is 23. The molecular formula is C112H210N22O16. The van der Waals surface area contributed by atoms with Gasteiger partial charge in [-0.15, -0.1) is 0 Å². The Morgan fingerprint density at radius 1 is 0.167 bits per heavy atom. The Balaban J connectivity index is 3.63. The first-order valence-corrected chi connectivity index (χ1v) is 58.6. The molecule has 1 aromatic carbocycles. The number of amides is 15. The molecule has 0 fully saturated rings. The minimum absolute atomic E-state index is 0.0153. The van der Waals surface area contributed by atoms with E-state index in [9.17, 15) is 71.9 Å². The number of carbonyl (C=O) groups is 15. The minimum Gasteiger partial charge on any atom is -0.445 e. The summed E-state index contributed by atoms with van der Waals surface area (Å²) in [7, 11) is 0. The van der Waals surface area contributed by atoms with Crippen LogP contribution >= 0.6 is 0 Å². The van der Waals surface area contributed by atoms with Gasteiger partial charge in [0, 0.05) is 326 Å². The summed E-state index contributed by atoms with van der Waals surface area (Å²) >= 11 is 0. The van der Waals surface area contributed by atoms with E-state index in [0.29, 0.717) is 131 Å². The van der Waals surface area contributed by atoms with Crippen molar-refractivity contribution in [3.05, 3.63) is 35.9 Å². The van der Waals surface area contributed by atoms with Gasteiger partial charge in [-0.3, -0.25) is 67.1 Å². The largest absolute Gasteiger partial charge is 0.445 e. The number of benzene rings is 1. The zero-order valence-corrected chi connectivity index (χ0v) is 94.7. The van der Waals surface area contributed by atoms with Crippen molar-refractivity contribution < 1.29 is 76.7 Å². The van der Waals surface area contributed by atoms with Crippen molar-refractivity contribution in [1.82, 2.24) is 114 Å². The number of ether oxygens (including phenoxy) is 1. The highest BCUT2D eigenvalue weighted by molar-refractivity contribution is 5.81. The molecule has 15 amide bonds. The molecule has 0 unspecified atom stereocenters. The fourth-order valence-corrected chi connectivity index (χ4v) is 16.7. The van der Waals surface area contributed by atoms with Crippen LogP contribution in [0.15, 0.2) is 30.3 Å². The molecule has 0 heterocycles. The van der Waals surface area contributed by atoms with E-state index in [1.807, 2.05) is 64.6 Å². The first-order valence-electron chi connectivity index (χ1n) is 58.6. The highest BCUT2D eigenvalue weighted by Gasteiger charge is 2.23. The predicted molar refractivity (Wildman–Crippen MR) is 600 cm³/mol. The lowest BCUT2D eigenvalue weighted by atomic mass is 10.2. The number of alkyl carbamates (subject to hydrolysis) is 1. The first-order chi connectivity index (χ1) is 72.9. The molecule has 0 atom stereocenters. The van der Waals surface area contributed by atoms with Crippen LogP contribution in [0, 0.1) is 0 Å². The van der Waals surface area contributed by atoms with Crippen LogP contribution in [0.4, 0.5) is 4.79 Å². The number of nitrogens with zero attached hydrogens (tertiary/aromatic N) is 7. The summed E-state index contributed by atoms with van der Waals surface area (Å²) in [5.74, 6) is -2.26. The monoisotopic (exact) mass is 2120 g/mol. The van der Waals surface area contributed by atoms with E-state index in [4.69, 9.17) is 4.74 Å². The number of unbranched alkanes of at least 4 members (excludes halogenated alkanes) is 24. The molecule has 1 rings (SSSR count). The van der Waals surface area contributed by atoms with Crippen molar-refractivity contribution in [3.63, 3.8) is 0 Å². The Labute approximate surface area is 903 Å². The summed E-state index contributed by atoms with van der Waals surface area (Å²) in [6.45, 7) is 29.9. The topological polar surface area (TPSA) is 468 Å². The first kappa shape index (κ1) is 139. The fraction of sp³-hybridized carbons (Fsp3) is 0.812. The molecule has 864 valence electrons. The summed E-state index contributed by atoms with van der Waals surface area (Å²) in [5, 5.41) is 45.2. The standard InChI is InChI=1S/C112H210N22O16/c1-9-17-25-36-60-113-98(135)46-75-128(76-47-99(136)114-61-37-26-18-10-2)89-68-121-106(143)54-83-132(84-55-107(144)122-69-90-129(77-48-100(137)115-62-38-27-19-11-3)78-49-101(138)116-63-39-28-20-12-4)93-72-125-110(147)58-87-134(95-74-127-112(149)150-96-97-44-34-33-35-45-97)88-59-111(148)126-73-94-133(85-56-108(145)123-70-91-130(79-50-102(139)117-64-40-29-21-13-5)80-51-103(140)118-65-41-30-22-14-6)86-57-109(146)124-71-92-131(81-52-104(141)119-66-42-31-23-15-7)82-53-105(142)120-67-43-32-24-16-8/h33-35,44-45H,9-32,36-43,46-96H2,1-8H3,(H,113,135)(H,114,136)(H,115,137)(H,116,138)(H,117,139)(H,118,140)(H,119,141)(H,120,142)(H,121,143)(H,122,144)(H,123,145)(H,124,146)(H,125,147)(H,126,148)(H,127,149). The third-order valence-electron chi connectivity index (χ3n) is 26.4. The van der Waals surface area contributed by atoms with Crippen LogP contribution < -0.4 is 79.8 Å². The lowest BCUT2D eigenvalue weighted by molar-refractivity contribution is -0.123. The summed E-state index contributed by atoms with van der Waals surface area (Å²) in [4.78, 5) is 215. The maximum Gasteiger partial charge on any atom is 0.407 e. The molecule has 0 radical (unpaired) electrons. The van der Waals surface area contributed by atoms with Crippen molar-refractivity contribution in [3.8, 4) is 0 Å². The Hall–Kier alpha value is -9.21. The molecule has 38 heteroatoms. The second-order valence-corrected chi connectivity index (χ2v) is 39.8. The van der Waals surface area contributed by atoms with Gasteiger partial charge < -0.3 is 119 Å². The van der Waals surface area contributed by atoms with E-state index in [1.165, 1.54) is 0 Å². The molecule has 0 aliphatic rings. The van der Waals surface area contributed by atoms with Crippen LogP contribution in [0.5, 0.6) is 0 Å². The highest BCUT2D eigenvalue weighted by Crippen LogP contribution is 2.11. The minimum atomic E-state index is -0.654. The van der Waals surface area contributed by atoms with E-state index in [0.717, 1.165) is 211 Å². The van der Waals surface area contributed by atoms with Crippen LogP contribution in [0.3, 0.4) is 0 Å². The summed E-state index contributed by atoms with van der Waals surface area (Å²) in [5.41, 5.74) is 0.796. The third-order valence-corrected chi connectivity index (χ3v) is 26.4. The summed E-state index contributed by atoms with van der Waals surface area (Å²) in [6, 6.07) is 9.23. The van der Waals surface area contributed by atoms with Crippen molar-refractivity contribution in [2.75, 3.05) is 236 Å². The zero-order chi connectivity index (χ0) is 110. The Morgan fingerprint density at radius 3 is 0.440 bits per heavy atom. The van der Waals surface area contributed by atoms with E-state index in [2.05, 4.69) is 135 Å².